The summed E-state index contributed by atoms with van der Waals surface area (Å²) in [6.45, 7) is 0.620. The van der Waals surface area contributed by atoms with Crippen molar-refractivity contribution in [3.05, 3.63) is 33.3 Å². The van der Waals surface area contributed by atoms with E-state index in [9.17, 15) is 0 Å². The summed E-state index contributed by atoms with van der Waals surface area (Å²) < 4.78 is 5.08. The van der Waals surface area contributed by atoms with Gasteiger partial charge in [0.2, 0.25) is 5.90 Å². The van der Waals surface area contributed by atoms with Crippen LogP contribution in [0.1, 0.15) is 11.1 Å². The Hall–Kier alpha value is -0.730. The molecule has 0 aromatic heterocycles. The molecule has 0 saturated heterocycles. The third-order valence-corrected chi connectivity index (χ3v) is 2.69. The predicted molar refractivity (Wildman–Crippen MR) is 53.7 cm³/mol. The molecule has 4 heteroatoms. The summed E-state index contributed by atoms with van der Waals surface area (Å²) in [4.78, 5) is 4.18. The van der Waals surface area contributed by atoms with Crippen LogP contribution in [0.25, 0.3) is 0 Å². The van der Waals surface area contributed by atoms with Gasteiger partial charge in [-0.25, -0.2) is 4.99 Å². The average molecular weight is 216 g/mol. The van der Waals surface area contributed by atoms with E-state index in [1.54, 1.807) is 13.2 Å². The zero-order valence-electron chi connectivity index (χ0n) is 6.97. The Bertz CT molecular complexity index is 387. The number of halogens is 2. The van der Waals surface area contributed by atoms with Crippen LogP contribution >= 0.6 is 23.2 Å². The third kappa shape index (κ3) is 1.40. The fraction of sp³-hybridized carbons (Fsp3) is 0.222. The standard InChI is InChI=1S/C9H7Cl2NO/c1-13-9-6-3-8(11)7(10)2-5(6)4-12-9/h2-3H,4H2,1H3. The van der Waals surface area contributed by atoms with Crippen LogP contribution in [0.3, 0.4) is 0 Å². The van der Waals surface area contributed by atoms with Crippen LogP contribution in [0.4, 0.5) is 0 Å². The number of ether oxygens (including phenoxy) is 1. The molecule has 0 aliphatic carbocycles. The van der Waals surface area contributed by atoms with E-state index in [1.807, 2.05) is 6.07 Å². The molecule has 0 saturated carbocycles. The first-order chi connectivity index (χ1) is 6.22. The van der Waals surface area contributed by atoms with E-state index in [4.69, 9.17) is 27.9 Å². The largest absolute Gasteiger partial charge is 0.481 e. The molecule has 13 heavy (non-hydrogen) atoms. The number of rotatable bonds is 0. The van der Waals surface area contributed by atoms with Crippen LogP contribution in [-0.4, -0.2) is 13.0 Å². The summed E-state index contributed by atoms with van der Waals surface area (Å²) in [6, 6.07) is 3.61. The van der Waals surface area contributed by atoms with Gasteiger partial charge in [-0.15, -0.1) is 0 Å². The lowest BCUT2D eigenvalue weighted by atomic mass is 10.1. The van der Waals surface area contributed by atoms with Crippen LogP contribution in [0, 0.1) is 0 Å². The monoisotopic (exact) mass is 215 g/mol. The molecule has 0 fully saturated rings. The summed E-state index contributed by atoms with van der Waals surface area (Å²) in [5, 5.41) is 1.10. The van der Waals surface area contributed by atoms with Crippen LogP contribution in [0.5, 0.6) is 0 Å². The normalized spacial score (nSPS) is 13.9. The zero-order valence-corrected chi connectivity index (χ0v) is 8.49. The van der Waals surface area contributed by atoms with Crippen molar-refractivity contribution in [1.29, 1.82) is 0 Å². The molecular formula is C9H7Cl2NO. The molecule has 0 unspecified atom stereocenters. The van der Waals surface area contributed by atoms with Crippen molar-refractivity contribution in [2.24, 2.45) is 4.99 Å². The van der Waals surface area contributed by atoms with Crippen LogP contribution in [0.15, 0.2) is 17.1 Å². The lowest BCUT2D eigenvalue weighted by Gasteiger charge is -2.03. The van der Waals surface area contributed by atoms with Gasteiger partial charge < -0.3 is 4.74 Å². The van der Waals surface area contributed by atoms with E-state index in [1.165, 1.54) is 0 Å². The summed E-state index contributed by atoms with van der Waals surface area (Å²) >= 11 is 11.7. The van der Waals surface area contributed by atoms with Crippen molar-refractivity contribution < 1.29 is 4.74 Å². The maximum Gasteiger partial charge on any atom is 0.216 e. The SMILES string of the molecule is COC1=NCc2cc(Cl)c(Cl)cc21. The maximum atomic E-state index is 5.87. The Morgan fingerprint density at radius 3 is 2.69 bits per heavy atom. The first-order valence-corrected chi connectivity index (χ1v) is 4.54. The number of methoxy groups -OCH3 is 1. The molecule has 1 aromatic rings. The van der Waals surface area contributed by atoms with Crippen LogP contribution in [-0.2, 0) is 11.3 Å². The van der Waals surface area contributed by atoms with E-state index < -0.39 is 0 Å². The molecule has 0 radical (unpaired) electrons. The van der Waals surface area contributed by atoms with Gasteiger partial charge in [-0.2, -0.15) is 0 Å². The Morgan fingerprint density at radius 2 is 2.00 bits per heavy atom. The number of hydrogen-bond donors (Lipinski definition) is 0. The van der Waals surface area contributed by atoms with Crippen molar-refractivity contribution in [3.8, 4) is 0 Å². The van der Waals surface area contributed by atoms with Gasteiger partial charge >= 0.3 is 0 Å². The molecule has 68 valence electrons. The highest BCUT2D eigenvalue weighted by Crippen LogP contribution is 2.29. The minimum Gasteiger partial charge on any atom is -0.481 e. The first kappa shape index (κ1) is 8.85. The lowest BCUT2D eigenvalue weighted by Crippen LogP contribution is -2.00. The van der Waals surface area contributed by atoms with Crippen molar-refractivity contribution in [2.45, 2.75) is 6.54 Å². The van der Waals surface area contributed by atoms with Crippen LogP contribution in [0.2, 0.25) is 10.0 Å². The van der Waals surface area contributed by atoms with E-state index >= 15 is 0 Å². The van der Waals surface area contributed by atoms with Crippen molar-refractivity contribution in [1.82, 2.24) is 0 Å². The molecule has 1 heterocycles. The number of aliphatic imine (C=N–C) groups is 1. The lowest BCUT2D eigenvalue weighted by molar-refractivity contribution is 0.405. The highest BCUT2D eigenvalue weighted by molar-refractivity contribution is 6.42. The fourth-order valence-corrected chi connectivity index (χ4v) is 1.68. The fourth-order valence-electron chi connectivity index (χ4n) is 1.33. The summed E-state index contributed by atoms with van der Waals surface area (Å²) in [5.74, 6) is 0.633. The topological polar surface area (TPSA) is 21.6 Å². The summed E-state index contributed by atoms with van der Waals surface area (Å²) in [6.07, 6.45) is 0. The Morgan fingerprint density at radius 1 is 1.31 bits per heavy atom. The van der Waals surface area contributed by atoms with E-state index in [2.05, 4.69) is 4.99 Å². The second-order valence-electron chi connectivity index (χ2n) is 2.75. The van der Waals surface area contributed by atoms with Crippen molar-refractivity contribution in [3.63, 3.8) is 0 Å². The van der Waals surface area contributed by atoms with Crippen molar-refractivity contribution >= 4 is 29.1 Å². The Balaban J connectivity index is 2.54. The second kappa shape index (κ2) is 3.20. The second-order valence-corrected chi connectivity index (χ2v) is 3.56. The highest BCUT2D eigenvalue weighted by Gasteiger charge is 2.17. The molecule has 1 aromatic carbocycles. The van der Waals surface area contributed by atoms with Crippen LogP contribution < -0.4 is 0 Å². The molecule has 0 bridgehead atoms. The number of fused-ring (bicyclic) bond motifs is 1. The molecule has 1 aliphatic heterocycles. The molecule has 2 nitrogen and oxygen atoms in total. The number of benzene rings is 1. The molecule has 1 aliphatic rings. The minimum atomic E-state index is 0.534. The van der Waals surface area contributed by atoms with E-state index in [0.29, 0.717) is 22.5 Å². The summed E-state index contributed by atoms with van der Waals surface area (Å²) in [7, 11) is 1.59. The average Bonchev–Trinajstić information content (AvgIpc) is 2.48. The predicted octanol–water partition coefficient (Wildman–Crippen LogP) is 2.90. The van der Waals surface area contributed by atoms with Gasteiger partial charge in [-0.1, -0.05) is 23.2 Å². The number of hydrogen-bond acceptors (Lipinski definition) is 2. The number of nitrogens with zero attached hydrogens (tertiary/aromatic N) is 1. The smallest absolute Gasteiger partial charge is 0.216 e. The van der Waals surface area contributed by atoms with Gasteiger partial charge in [0.1, 0.15) is 0 Å². The molecule has 2 rings (SSSR count). The molecule has 0 atom stereocenters. The molecular weight excluding hydrogens is 209 g/mol. The van der Waals surface area contributed by atoms with E-state index in [0.717, 1.165) is 11.1 Å². The molecule has 0 N–H and O–H groups in total. The zero-order chi connectivity index (χ0) is 9.42. The summed E-state index contributed by atoms with van der Waals surface area (Å²) in [5.41, 5.74) is 2.00. The van der Waals surface area contributed by atoms with Gasteiger partial charge in [-0.3, -0.25) is 0 Å². The maximum absolute atomic E-state index is 5.87. The minimum absolute atomic E-state index is 0.534. The Labute approximate surface area is 86.1 Å². The van der Waals surface area contributed by atoms with Gasteiger partial charge in [-0.05, 0) is 17.7 Å². The Kier molecular flexibility index (Phi) is 2.18. The van der Waals surface area contributed by atoms with Crippen molar-refractivity contribution in [2.75, 3.05) is 7.11 Å². The third-order valence-electron chi connectivity index (χ3n) is 1.96. The van der Waals surface area contributed by atoms with Gasteiger partial charge in [0.15, 0.2) is 0 Å². The molecule has 0 spiro atoms. The molecule has 0 amide bonds. The van der Waals surface area contributed by atoms with Gasteiger partial charge in [0.25, 0.3) is 0 Å². The quantitative estimate of drug-likeness (QED) is 0.653. The highest BCUT2D eigenvalue weighted by atomic mass is 35.5. The van der Waals surface area contributed by atoms with Gasteiger partial charge in [0.05, 0.1) is 23.7 Å². The first-order valence-electron chi connectivity index (χ1n) is 3.79. The van der Waals surface area contributed by atoms with Gasteiger partial charge in [0, 0.05) is 5.56 Å². The van der Waals surface area contributed by atoms with E-state index in [-0.39, 0.29) is 0 Å².